The summed E-state index contributed by atoms with van der Waals surface area (Å²) < 4.78 is 21.5. The molecule has 1 aliphatic heterocycles. The Morgan fingerprint density at radius 3 is 2.86 bits per heavy atom. The molecule has 1 aliphatic rings. The van der Waals surface area contributed by atoms with Crippen molar-refractivity contribution in [2.24, 2.45) is 0 Å². The number of carbonyl (C=O) groups is 1. The first-order chi connectivity index (χ1) is 13.6. The molecule has 146 valence electrons. The third kappa shape index (κ3) is 3.92. The van der Waals surface area contributed by atoms with Gasteiger partial charge in [0, 0.05) is 31.2 Å². The van der Waals surface area contributed by atoms with Crippen molar-refractivity contribution in [1.29, 1.82) is 0 Å². The van der Waals surface area contributed by atoms with Crippen LogP contribution in [0.4, 0.5) is 4.39 Å². The Hall–Kier alpha value is -2.72. The maximum Gasteiger partial charge on any atom is 0.300 e. The van der Waals surface area contributed by atoms with Gasteiger partial charge in [-0.2, -0.15) is 0 Å². The van der Waals surface area contributed by atoms with Crippen LogP contribution in [0.5, 0.6) is 0 Å². The van der Waals surface area contributed by atoms with Crippen molar-refractivity contribution in [3.63, 3.8) is 0 Å². The van der Waals surface area contributed by atoms with Crippen LogP contribution >= 0.6 is 11.8 Å². The molecule has 0 saturated carbocycles. The van der Waals surface area contributed by atoms with E-state index in [0.29, 0.717) is 17.4 Å². The van der Waals surface area contributed by atoms with Gasteiger partial charge in [0.1, 0.15) is 5.82 Å². The highest BCUT2D eigenvalue weighted by atomic mass is 32.2. The number of carbonyl (C=O) groups excluding carboxylic acids is 1. The summed E-state index contributed by atoms with van der Waals surface area (Å²) in [5.41, 5.74) is 0.282. The molecule has 0 spiro atoms. The van der Waals surface area contributed by atoms with Gasteiger partial charge in [-0.15, -0.1) is 10.2 Å². The van der Waals surface area contributed by atoms with Gasteiger partial charge in [-0.25, -0.2) is 4.39 Å². The van der Waals surface area contributed by atoms with E-state index in [1.165, 1.54) is 40.6 Å². The molecule has 1 atom stereocenters. The van der Waals surface area contributed by atoms with Gasteiger partial charge in [0.25, 0.3) is 0 Å². The average molecular weight is 403 g/mol. The molecule has 1 fully saturated rings. The fraction of sp³-hybridized carbons (Fsp3) is 0.333. The molecule has 1 aromatic carbocycles. The molecular weight excluding hydrogens is 385 g/mol. The van der Waals surface area contributed by atoms with E-state index in [1.54, 1.807) is 16.8 Å². The summed E-state index contributed by atoms with van der Waals surface area (Å²) in [5, 5.41) is 11.2. The summed E-state index contributed by atoms with van der Waals surface area (Å²) in [5.74, 6) is -0.345. The molecule has 28 heavy (non-hydrogen) atoms. The third-order valence-corrected chi connectivity index (χ3v) is 5.37. The highest BCUT2D eigenvalue weighted by Gasteiger charge is 2.17. The Labute approximate surface area is 163 Å². The van der Waals surface area contributed by atoms with E-state index >= 15 is 0 Å². The van der Waals surface area contributed by atoms with E-state index in [0.717, 1.165) is 19.4 Å². The lowest BCUT2D eigenvalue weighted by molar-refractivity contribution is -0.119. The Balaban J connectivity index is 1.45. The number of thioether (sulfide) groups is 1. The molecule has 1 saturated heterocycles. The predicted molar refractivity (Wildman–Crippen MR) is 101 cm³/mol. The second-order valence-electron chi connectivity index (χ2n) is 6.35. The SMILES string of the molecule is O=C(CSc1nnc2c(=O)n(-c3ccc(F)cc3)ccn12)NC[C@@H]1CCCO1. The Morgan fingerprint density at radius 1 is 1.29 bits per heavy atom. The van der Waals surface area contributed by atoms with Gasteiger partial charge < -0.3 is 10.1 Å². The molecule has 8 nitrogen and oxygen atoms in total. The van der Waals surface area contributed by atoms with Crippen molar-refractivity contribution in [2.75, 3.05) is 18.9 Å². The lowest BCUT2D eigenvalue weighted by Gasteiger charge is -2.10. The highest BCUT2D eigenvalue weighted by Crippen LogP contribution is 2.16. The zero-order valence-electron chi connectivity index (χ0n) is 14.9. The molecule has 0 bridgehead atoms. The number of hydrogen-bond acceptors (Lipinski definition) is 6. The molecule has 1 amide bonds. The van der Waals surface area contributed by atoms with Crippen LogP contribution in [0.3, 0.4) is 0 Å². The van der Waals surface area contributed by atoms with E-state index < -0.39 is 0 Å². The van der Waals surface area contributed by atoms with Crippen molar-refractivity contribution in [3.8, 4) is 5.69 Å². The summed E-state index contributed by atoms with van der Waals surface area (Å²) in [7, 11) is 0. The average Bonchev–Trinajstić information content (AvgIpc) is 3.36. The molecule has 10 heteroatoms. The van der Waals surface area contributed by atoms with Crippen LogP contribution in [0.2, 0.25) is 0 Å². The number of hydrogen-bond donors (Lipinski definition) is 1. The number of benzene rings is 1. The second kappa shape index (κ2) is 8.11. The minimum atomic E-state index is -0.378. The molecular formula is C18H18FN5O3S. The van der Waals surface area contributed by atoms with E-state index in [9.17, 15) is 14.0 Å². The van der Waals surface area contributed by atoms with Crippen molar-refractivity contribution in [1.82, 2.24) is 24.5 Å². The van der Waals surface area contributed by atoms with E-state index in [2.05, 4.69) is 15.5 Å². The first kappa shape index (κ1) is 18.6. The maximum absolute atomic E-state index is 13.1. The Bertz CT molecular complexity index is 1040. The monoisotopic (exact) mass is 403 g/mol. The van der Waals surface area contributed by atoms with Gasteiger partial charge in [0.15, 0.2) is 5.16 Å². The number of fused-ring (bicyclic) bond motifs is 1. The smallest absolute Gasteiger partial charge is 0.300 e. The standard InChI is InChI=1S/C18H18FN5O3S/c19-12-3-5-13(6-4-12)23-7-8-24-16(17(23)26)21-22-18(24)28-11-15(25)20-10-14-2-1-9-27-14/h3-8,14H,1-2,9-11H2,(H,20,25)/t14-/m0/s1. The molecule has 3 heterocycles. The van der Waals surface area contributed by atoms with Gasteiger partial charge in [-0.1, -0.05) is 11.8 Å². The molecule has 2 aromatic heterocycles. The molecule has 1 N–H and O–H groups in total. The van der Waals surface area contributed by atoms with Crippen LogP contribution in [0, 0.1) is 5.82 Å². The summed E-state index contributed by atoms with van der Waals surface area (Å²) in [6, 6.07) is 5.59. The van der Waals surface area contributed by atoms with Crippen LogP contribution in [0.1, 0.15) is 12.8 Å². The zero-order valence-corrected chi connectivity index (χ0v) is 15.7. The van der Waals surface area contributed by atoms with Gasteiger partial charge in [0.05, 0.1) is 11.9 Å². The summed E-state index contributed by atoms with van der Waals surface area (Å²) >= 11 is 1.20. The third-order valence-electron chi connectivity index (χ3n) is 4.43. The Kier molecular flexibility index (Phi) is 5.40. The lowest BCUT2D eigenvalue weighted by atomic mass is 10.2. The summed E-state index contributed by atoms with van der Waals surface area (Å²) in [6.07, 6.45) is 5.28. The van der Waals surface area contributed by atoms with Gasteiger partial charge in [-0.3, -0.25) is 18.6 Å². The number of halogens is 1. The van der Waals surface area contributed by atoms with Gasteiger partial charge in [0.2, 0.25) is 11.6 Å². The van der Waals surface area contributed by atoms with Crippen LogP contribution in [0.15, 0.2) is 46.6 Å². The molecule has 0 unspecified atom stereocenters. The van der Waals surface area contributed by atoms with Crippen molar-refractivity contribution >= 4 is 23.3 Å². The number of rotatable bonds is 6. The second-order valence-corrected chi connectivity index (χ2v) is 7.30. The van der Waals surface area contributed by atoms with Crippen LogP contribution in [-0.4, -0.2) is 50.1 Å². The van der Waals surface area contributed by atoms with Crippen molar-refractivity contribution in [3.05, 3.63) is 52.8 Å². The fourth-order valence-electron chi connectivity index (χ4n) is 2.98. The summed E-state index contributed by atoms with van der Waals surface area (Å²) in [6.45, 7) is 1.25. The van der Waals surface area contributed by atoms with Crippen molar-refractivity contribution < 1.29 is 13.9 Å². The van der Waals surface area contributed by atoms with E-state index in [4.69, 9.17) is 4.74 Å². The largest absolute Gasteiger partial charge is 0.376 e. The van der Waals surface area contributed by atoms with Crippen LogP contribution in [-0.2, 0) is 9.53 Å². The highest BCUT2D eigenvalue weighted by molar-refractivity contribution is 7.99. The minimum absolute atomic E-state index is 0.0906. The van der Waals surface area contributed by atoms with Crippen LogP contribution in [0.25, 0.3) is 11.3 Å². The number of nitrogens with one attached hydrogen (secondary N) is 1. The fourth-order valence-corrected chi connectivity index (χ4v) is 3.73. The number of amides is 1. The first-order valence-corrected chi connectivity index (χ1v) is 9.84. The quantitative estimate of drug-likeness (QED) is 0.626. The zero-order chi connectivity index (χ0) is 19.5. The van der Waals surface area contributed by atoms with Crippen molar-refractivity contribution in [2.45, 2.75) is 24.1 Å². The molecule has 4 rings (SSSR count). The predicted octanol–water partition coefficient (Wildman–Crippen LogP) is 1.41. The van der Waals surface area contributed by atoms with E-state index in [-0.39, 0.29) is 34.8 Å². The summed E-state index contributed by atoms with van der Waals surface area (Å²) in [4.78, 5) is 24.7. The van der Waals surface area contributed by atoms with Crippen LogP contribution < -0.4 is 10.9 Å². The normalized spacial score (nSPS) is 16.5. The van der Waals surface area contributed by atoms with E-state index in [1.807, 2.05) is 0 Å². The Morgan fingerprint density at radius 2 is 2.11 bits per heavy atom. The molecule has 0 aliphatic carbocycles. The van der Waals surface area contributed by atoms with Gasteiger partial charge >= 0.3 is 5.56 Å². The maximum atomic E-state index is 13.1. The minimum Gasteiger partial charge on any atom is -0.376 e. The number of aromatic nitrogens is 4. The molecule has 3 aromatic rings. The lowest BCUT2D eigenvalue weighted by Crippen LogP contribution is -2.32. The first-order valence-electron chi connectivity index (χ1n) is 8.85. The van der Waals surface area contributed by atoms with Gasteiger partial charge in [-0.05, 0) is 37.1 Å². The topological polar surface area (TPSA) is 90.5 Å². The number of ether oxygens (including phenoxy) is 1. The number of nitrogens with zero attached hydrogens (tertiary/aromatic N) is 4. The molecule has 0 radical (unpaired) electrons.